The predicted molar refractivity (Wildman–Crippen MR) is 74.2 cm³/mol. The van der Waals surface area contributed by atoms with Crippen molar-refractivity contribution in [1.82, 2.24) is 0 Å². The summed E-state index contributed by atoms with van der Waals surface area (Å²) >= 11 is 7.55. The highest BCUT2D eigenvalue weighted by Gasteiger charge is 2.17. The van der Waals surface area contributed by atoms with Crippen LogP contribution in [0.3, 0.4) is 0 Å². The van der Waals surface area contributed by atoms with Crippen molar-refractivity contribution < 1.29 is 19.4 Å². The maximum Gasteiger partial charge on any atom is 0.321 e. The van der Waals surface area contributed by atoms with Gasteiger partial charge in [0.05, 0.1) is 5.02 Å². The van der Waals surface area contributed by atoms with Crippen LogP contribution in [0.4, 0.5) is 0 Å². The van der Waals surface area contributed by atoms with Gasteiger partial charge in [0.25, 0.3) is 0 Å². The SMILES string of the molecule is NC(CSCc1cc(Cl)c2c(c1)OCCO2)C(=O)O. The van der Waals surface area contributed by atoms with E-state index in [1.54, 1.807) is 6.07 Å². The first-order chi connectivity index (χ1) is 9.08. The van der Waals surface area contributed by atoms with E-state index in [2.05, 4.69) is 0 Å². The molecule has 0 saturated heterocycles. The molecule has 3 N–H and O–H groups in total. The maximum atomic E-state index is 10.6. The summed E-state index contributed by atoms with van der Waals surface area (Å²) < 4.78 is 10.9. The molecule has 104 valence electrons. The number of carboxylic acids is 1. The molecule has 1 aromatic carbocycles. The number of ether oxygens (including phenoxy) is 2. The van der Waals surface area contributed by atoms with Crippen LogP contribution in [0.5, 0.6) is 11.5 Å². The van der Waals surface area contributed by atoms with Gasteiger partial charge in [0.15, 0.2) is 11.5 Å². The highest BCUT2D eigenvalue weighted by atomic mass is 35.5. The Morgan fingerprint density at radius 2 is 2.21 bits per heavy atom. The molecule has 0 fully saturated rings. The number of benzene rings is 1. The molecule has 0 radical (unpaired) electrons. The molecule has 1 aromatic rings. The van der Waals surface area contributed by atoms with Crippen molar-refractivity contribution in [3.63, 3.8) is 0 Å². The summed E-state index contributed by atoms with van der Waals surface area (Å²) in [6.45, 7) is 0.998. The predicted octanol–water partition coefficient (Wildman–Crippen LogP) is 1.76. The van der Waals surface area contributed by atoms with Crippen molar-refractivity contribution in [2.45, 2.75) is 11.8 Å². The average molecular weight is 304 g/mol. The number of nitrogens with two attached hydrogens (primary N) is 1. The van der Waals surface area contributed by atoms with Gasteiger partial charge in [-0.3, -0.25) is 4.79 Å². The van der Waals surface area contributed by atoms with Gasteiger partial charge in [-0.25, -0.2) is 0 Å². The zero-order chi connectivity index (χ0) is 13.8. The Morgan fingerprint density at radius 3 is 2.95 bits per heavy atom. The molecule has 19 heavy (non-hydrogen) atoms. The van der Waals surface area contributed by atoms with Gasteiger partial charge >= 0.3 is 5.97 Å². The number of rotatable bonds is 5. The largest absolute Gasteiger partial charge is 0.486 e. The highest BCUT2D eigenvalue weighted by molar-refractivity contribution is 7.98. The fraction of sp³-hybridized carbons (Fsp3) is 0.417. The van der Waals surface area contributed by atoms with Gasteiger partial charge in [0.1, 0.15) is 19.3 Å². The van der Waals surface area contributed by atoms with Crippen molar-refractivity contribution in [3.05, 3.63) is 22.7 Å². The zero-order valence-electron chi connectivity index (χ0n) is 10.1. The van der Waals surface area contributed by atoms with E-state index in [0.717, 1.165) is 5.56 Å². The molecule has 7 heteroatoms. The summed E-state index contributed by atoms with van der Waals surface area (Å²) in [6, 6.07) is 2.81. The zero-order valence-corrected chi connectivity index (χ0v) is 11.7. The number of carboxylic acid groups (broad SMARTS) is 1. The van der Waals surface area contributed by atoms with Crippen LogP contribution in [0.1, 0.15) is 5.56 Å². The minimum atomic E-state index is -0.993. The van der Waals surface area contributed by atoms with Gasteiger partial charge in [-0.2, -0.15) is 11.8 Å². The highest BCUT2D eigenvalue weighted by Crippen LogP contribution is 2.39. The van der Waals surface area contributed by atoms with Crippen LogP contribution < -0.4 is 15.2 Å². The number of carbonyl (C=O) groups is 1. The van der Waals surface area contributed by atoms with Crippen LogP contribution in [-0.4, -0.2) is 36.1 Å². The smallest absolute Gasteiger partial charge is 0.321 e. The third kappa shape index (κ3) is 3.68. The number of thioether (sulfide) groups is 1. The Bertz CT molecular complexity index is 483. The second-order valence-corrected chi connectivity index (χ2v) is 5.50. The lowest BCUT2D eigenvalue weighted by Crippen LogP contribution is -2.32. The fourth-order valence-corrected chi connectivity index (χ4v) is 2.83. The van der Waals surface area contributed by atoms with Crippen LogP contribution in [0, 0.1) is 0 Å². The Kier molecular flexibility index (Phi) is 4.79. The lowest BCUT2D eigenvalue weighted by Gasteiger charge is -2.20. The van der Waals surface area contributed by atoms with E-state index >= 15 is 0 Å². The van der Waals surface area contributed by atoms with Crippen LogP contribution in [0.15, 0.2) is 12.1 Å². The second kappa shape index (κ2) is 6.36. The van der Waals surface area contributed by atoms with Gasteiger partial charge in [0.2, 0.25) is 0 Å². The standard InChI is InChI=1S/C12H14ClNO4S/c13-8-3-7(5-19-6-9(14)12(15)16)4-10-11(8)18-2-1-17-10/h3-4,9H,1-2,5-6,14H2,(H,15,16). The van der Waals surface area contributed by atoms with Gasteiger partial charge < -0.3 is 20.3 Å². The van der Waals surface area contributed by atoms with Gasteiger partial charge in [0, 0.05) is 11.5 Å². The molecule has 0 amide bonds. The van der Waals surface area contributed by atoms with Gasteiger partial charge in [-0.05, 0) is 17.7 Å². The third-order valence-electron chi connectivity index (χ3n) is 2.54. The molecule has 1 heterocycles. The molecule has 1 unspecified atom stereocenters. The minimum Gasteiger partial charge on any atom is -0.486 e. The van der Waals surface area contributed by atoms with E-state index < -0.39 is 12.0 Å². The summed E-state index contributed by atoms with van der Waals surface area (Å²) in [5, 5.41) is 9.19. The second-order valence-electron chi connectivity index (χ2n) is 4.06. The van der Waals surface area contributed by atoms with E-state index in [4.69, 9.17) is 31.9 Å². The van der Waals surface area contributed by atoms with Crippen molar-refractivity contribution in [2.75, 3.05) is 19.0 Å². The van der Waals surface area contributed by atoms with Gasteiger partial charge in [-0.1, -0.05) is 11.6 Å². The number of aliphatic carboxylic acids is 1. The van der Waals surface area contributed by atoms with Crippen molar-refractivity contribution >= 4 is 29.3 Å². The number of hydrogen-bond donors (Lipinski definition) is 2. The number of fused-ring (bicyclic) bond motifs is 1. The summed E-state index contributed by atoms with van der Waals surface area (Å²) in [5.74, 6) is 1.19. The first-order valence-electron chi connectivity index (χ1n) is 5.72. The maximum absolute atomic E-state index is 10.6. The average Bonchev–Trinajstić information content (AvgIpc) is 2.38. The summed E-state index contributed by atoms with van der Waals surface area (Å²) in [5.41, 5.74) is 6.39. The molecule has 0 aromatic heterocycles. The molecular weight excluding hydrogens is 290 g/mol. The van der Waals surface area contributed by atoms with E-state index in [0.29, 0.717) is 41.2 Å². The molecule has 1 aliphatic heterocycles. The van der Waals surface area contributed by atoms with E-state index in [9.17, 15) is 4.79 Å². The summed E-state index contributed by atoms with van der Waals surface area (Å²) in [4.78, 5) is 10.6. The molecular formula is C12H14ClNO4S. The van der Waals surface area contributed by atoms with Crippen LogP contribution in [0.2, 0.25) is 5.02 Å². The number of halogens is 1. The van der Waals surface area contributed by atoms with Crippen LogP contribution >= 0.6 is 23.4 Å². The first kappa shape index (κ1) is 14.3. The first-order valence-corrected chi connectivity index (χ1v) is 7.25. The molecule has 2 rings (SSSR count). The van der Waals surface area contributed by atoms with E-state index in [1.165, 1.54) is 11.8 Å². The summed E-state index contributed by atoms with van der Waals surface area (Å²) in [6.07, 6.45) is 0. The lowest BCUT2D eigenvalue weighted by molar-refractivity contribution is -0.137. The quantitative estimate of drug-likeness (QED) is 0.862. The van der Waals surface area contributed by atoms with E-state index in [-0.39, 0.29) is 0 Å². The monoisotopic (exact) mass is 303 g/mol. The Balaban J connectivity index is 1.98. The third-order valence-corrected chi connectivity index (χ3v) is 3.95. The van der Waals surface area contributed by atoms with Crippen molar-refractivity contribution in [2.24, 2.45) is 5.73 Å². The molecule has 1 atom stereocenters. The van der Waals surface area contributed by atoms with Gasteiger partial charge in [-0.15, -0.1) is 0 Å². The molecule has 0 aliphatic carbocycles. The molecule has 0 spiro atoms. The van der Waals surface area contributed by atoms with E-state index in [1.807, 2.05) is 6.07 Å². The van der Waals surface area contributed by atoms with Crippen LogP contribution in [-0.2, 0) is 10.5 Å². The molecule has 0 bridgehead atoms. The Hall–Kier alpha value is -1.11. The molecule has 1 aliphatic rings. The Labute approximate surface area is 120 Å². The van der Waals surface area contributed by atoms with Crippen molar-refractivity contribution in [1.29, 1.82) is 0 Å². The molecule has 0 saturated carbocycles. The lowest BCUT2D eigenvalue weighted by atomic mass is 10.2. The molecule has 5 nitrogen and oxygen atoms in total. The minimum absolute atomic E-state index is 0.349. The normalized spacial score (nSPS) is 15.1. The van der Waals surface area contributed by atoms with Crippen molar-refractivity contribution in [3.8, 4) is 11.5 Å². The topological polar surface area (TPSA) is 81.8 Å². The Morgan fingerprint density at radius 1 is 1.47 bits per heavy atom. The number of hydrogen-bond acceptors (Lipinski definition) is 5. The summed E-state index contributed by atoms with van der Waals surface area (Å²) in [7, 11) is 0. The van der Waals surface area contributed by atoms with Crippen LogP contribution in [0.25, 0.3) is 0 Å². The fourth-order valence-electron chi connectivity index (χ4n) is 1.62.